The number of nitrogens with one attached hydrogen (secondary N) is 1. The molecule has 1 fully saturated rings. The predicted octanol–water partition coefficient (Wildman–Crippen LogP) is 2.11. The van der Waals surface area contributed by atoms with Crippen LogP contribution in [0.2, 0.25) is 0 Å². The van der Waals surface area contributed by atoms with Gasteiger partial charge in [-0.25, -0.2) is 4.98 Å². The Balaban J connectivity index is 2.06. The van der Waals surface area contributed by atoms with E-state index in [9.17, 15) is 0 Å². The summed E-state index contributed by atoms with van der Waals surface area (Å²) in [6.45, 7) is 7.38. The molecule has 2 rings (SSSR count). The van der Waals surface area contributed by atoms with Crippen LogP contribution in [-0.2, 0) is 6.54 Å². The van der Waals surface area contributed by atoms with Crippen molar-refractivity contribution in [3.63, 3.8) is 0 Å². The molecule has 0 spiro atoms. The van der Waals surface area contributed by atoms with Gasteiger partial charge in [-0.1, -0.05) is 6.42 Å². The lowest BCUT2D eigenvalue weighted by Gasteiger charge is -2.32. The number of aryl methyl sites for hydroxylation is 1. The Morgan fingerprint density at radius 3 is 3.00 bits per heavy atom. The minimum atomic E-state index is 0.662. The maximum Gasteiger partial charge on any atom is 0.203 e. The molecule has 0 bridgehead atoms. The Kier molecular flexibility index (Phi) is 4.05. The maximum absolute atomic E-state index is 4.52. The first-order valence-corrected chi connectivity index (χ1v) is 6.68. The summed E-state index contributed by atoms with van der Waals surface area (Å²) in [5.41, 5.74) is 1.10. The third-order valence-corrected chi connectivity index (χ3v) is 3.56. The summed E-state index contributed by atoms with van der Waals surface area (Å²) in [4.78, 5) is 7.00. The number of hydrogen-bond acceptors (Lipinski definition) is 3. The summed E-state index contributed by atoms with van der Waals surface area (Å²) in [5, 5.41) is 3.33. The van der Waals surface area contributed by atoms with E-state index in [1.54, 1.807) is 0 Å². The third-order valence-electron chi connectivity index (χ3n) is 3.56. The molecule has 1 aliphatic heterocycles. The molecule has 0 radical (unpaired) electrons. The molecule has 0 saturated carbocycles. The van der Waals surface area contributed by atoms with Crippen molar-refractivity contribution in [1.29, 1.82) is 0 Å². The normalized spacial score (nSPS) is 21.7. The Bertz CT molecular complexity index is 358. The zero-order valence-electron chi connectivity index (χ0n) is 11.2. The topological polar surface area (TPSA) is 33.1 Å². The number of likely N-dealkylation sites (N-methyl/N-ethyl adjacent to an activating group) is 1. The molecule has 0 aliphatic carbocycles. The van der Waals surface area contributed by atoms with Gasteiger partial charge < -0.3 is 14.8 Å². The number of hydrogen-bond donors (Lipinski definition) is 1. The summed E-state index contributed by atoms with van der Waals surface area (Å²) < 4.78 is 2.27. The molecule has 17 heavy (non-hydrogen) atoms. The fourth-order valence-corrected chi connectivity index (χ4v) is 2.59. The van der Waals surface area contributed by atoms with Gasteiger partial charge in [-0.15, -0.1) is 0 Å². The average molecular weight is 236 g/mol. The Morgan fingerprint density at radius 2 is 2.29 bits per heavy atom. The quantitative estimate of drug-likeness (QED) is 0.869. The second-order valence-electron chi connectivity index (χ2n) is 5.02. The molecule has 4 heteroatoms. The zero-order valence-corrected chi connectivity index (χ0v) is 11.2. The highest BCUT2D eigenvalue weighted by Gasteiger charge is 2.20. The molecule has 0 aromatic carbocycles. The summed E-state index contributed by atoms with van der Waals surface area (Å²) >= 11 is 0. The van der Waals surface area contributed by atoms with E-state index in [4.69, 9.17) is 0 Å². The van der Waals surface area contributed by atoms with Crippen molar-refractivity contribution >= 4 is 5.95 Å². The SMILES string of the molecule is CCNc1nc(C)cn1CC1CCCCN1C. The first-order valence-electron chi connectivity index (χ1n) is 6.68. The first kappa shape index (κ1) is 12.4. The van der Waals surface area contributed by atoms with E-state index in [1.807, 2.05) is 0 Å². The van der Waals surface area contributed by atoms with E-state index < -0.39 is 0 Å². The number of anilines is 1. The van der Waals surface area contributed by atoms with Crippen molar-refractivity contribution in [3.05, 3.63) is 11.9 Å². The number of imidazole rings is 1. The highest BCUT2D eigenvalue weighted by Crippen LogP contribution is 2.19. The molecule has 1 aromatic rings. The monoisotopic (exact) mass is 236 g/mol. The molecule has 1 atom stereocenters. The van der Waals surface area contributed by atoms with Gasteiger partial charge in [-0.2, -0.15) is 0 Å². The lowest BCUT2D eigenvalue weighted by Crippen LogP contribution is -2.39. The fourth-order valence-electron chi connectivity index (χ4n) is 2.59. The molecular formula is C13H24N4. The van der Waals surface area contributed by atoms with Crippen LogP contribution in [0.1, 0.15) is 31.9 Å². The Morgan fingerprint density at radius 1 is 1.47 bits per heavy atom. The van der Waals surface area contributed by atoms with Gasteiger partial charge in [0.1, 0.15) is 0 Å². The van der Waals surface area contributed by atoms with Crippen molar-refractivity contribution in [2.45, 2.75) is 45.7 Å². The lowest BCUT2D eigenvalue weighted by molar-refractivity contribution is 0.168. The summed E-state index contributed by atoms with van der Waals surface area (Å²) in [5.74, 6) is 1.02. The van der Waals surface area contributed by atoms with Crippen molar-refractivity contribution in [2.75, 3.05) is 25.5 Å². The minimum Gasteiger partial charge on any atom is -0.356 e. The first-order chi connectivity index (χ1) is 8.20. The Hall–Kier alpha value is -1.03. The van der Waals surface area contributed by atoms with Gasteiger partial charge in [0.25, 0.3) is 0 Å². The lowest BCUT2D eigenvalue weighted by atomic mass is 10.0. The van der Waals surface area contributed by atoms with Crippen LogP contribution < -0.4 is 5.32 Å². The van der Waals surface area contributed by atoms with Gasteiger partial charge in [-0.05, 0) is 40.3 Å². The molecule has 2 heterocycles. The van der Waals surface area contributed by atoms with Crippen LogP contribution in [0.25, 0.3) is 0 Å². The minimum absolute atomic E-state index is 0.662. The van der Waals surface area contributed by atoms with Gasteiger partial charge in [-0.3, -0.25) is 0 Å². The van der Waals surface area contributed by atoms with E-state index in [-0.39, 0.29) is 0 Å². The van der Waals surface area contributed by atoms with Crippen LogP contribution in [0.4, 0.5) is 5.95 Å². The standard InChI is InChI=1S/C13H24N4/c1-4-14-13-15-11(2)9-17(13)10-12-7-5-6-8-16(12)3/h9,12H,4-8,10H2,1-3H3,(H,14,15). The number of nitrogens with zero attached hydrogens (tertiary/aromatic N) is 3. The van der Waals surface area contributed by atoms with Crippen molar-refractivity contribution < 1.29 is 0 Å². The van der Waals surface area contributed by atoms with Crippen molar-refractivity contribution in [1.82, 2.24) is 14.5 Å². The van der Waals surface area contributed by atoms with Crippen LogP contribution in [0, 0.1) is 6.92 Å². The third kappa shape index (κ3) is 3.00. The van der Waals surface area contributed by atoms with Crippen LogP contribution in [0.3, 0.4) is 0 Å². The molecule has 1 unspecified atom stereocenters. The molecule has 96 valence electrons. The van der Waals surface area contributed by atoms with E-state index >= 15 is 0 Å². The van der Waals surface area contributed by atoms with E-state index in [0.29, 0.717) is 6.04 Å². The van der Waals surface area contributed by atoms with Crippen LogP contribution in [0.15, 0.2) is 6.20 Å². The molecule has 1 aromatic heterocycles. The fraction of sp³-hybridized carbons (Fsp3) is 0.769. The highest BCUT2D eigenvalue weighted by atomic mass is 15.2. The molecule has 1 N–H and O–H groups in total. The zero-order chi connectivity index (χ0) is 12.3. The van der Waals surface area contributed by atoms with Gasteiger partial charge in [0.2, 0.25) is 5.95 Å². The summed E-state index contributed by atoms with van der Waals surface area (Å²) in [7, 11) is 2.24. The molecule has 0 amide bonds. The predicted molar refractivity (Wildman–Crippen MR) is 71.4 cm³/mol. The van der Waals surface area contributed by atoms with Gasteiger partial charge in [0.05, 0.1) is 5.69 Å². The smallest absolute Gasteiger partial charge is 0.203 e. The summed E-state index contributed by atoms with van der Waals surface area (Å²) in [6, 6.07) is 0.662. The number of piperidine rings is 1. The highest BCUT2D eigenvalue weighted by molar-refractivity contribution is 5.28. The van der Waals surface area contributed by atoms with Gasteiger partial charge >= 0.3 is 0 Å². The maximum atomic E-state index is 4.52. The average Bonchev–Trinajstić information content (AvgIpc) is 2.63. The van der Waals surface area contributed by atoms with Crippen LogP contribution >= 0.6 is 0 Å². The Labute approximate surface area is 104 Å². The second-order valence-corrected chi connectivity index (χ2v) is 5.02. The van der Waals surface area contributed by atoms with Crippen LogP contribution in [0.5, 0.6) is 0 Å². The summed E-state index contributed by atoms with van der Waals surface area (Å²) in [6.07, 6.45) is 6.16. The molecule has 1 aliphatic rings. The van der Waals surface area contributed by atoms with E-state index in [1.165, 1.54) is 25.8 Å². The van der Waals surface area contributed by atoms with Crippen molar-refractivity contribution in [3.8, 4) is 0 Å². The number of rotatable bonds is 4. The largest absolute Gasteiger partial charge is 0.356 e. The van der Waals surface area contributed by atoms with Gasteiger partial charge in [0, 0.05) is 25.3 Å². The molecule has 1 saturated heterocycles. The van der Waals surface area contributed by atoms with Gasteiger partial charge in [0.15, 0.2) is 0 Å². The van der Waals surface area contributed by atoms with E-state index in [2.05, 4.69) is 46.9 Å². The van der Waals surface area contributed by atoms with Crippen molar-refractivity contribution in [2.24, 2.45) is 0 Å². The second kappa shape index (κ2) is 5.54. The van der Waals surface area contributed by atoms with E-state index in [0.717, 1.165) is 24.7 Å². The van der Waals surface area contributed by atoms with Crippen LogP contribution in [-0.4, -0.2) is 40.6 Å². The molecular weight excluding hydrogens is 212 g/mol. The number of aromatic nitrogens is 2. The molecule has 4 nitrogen and oxygen atoms in total. The number of likely N-dealkylation sites (tertiary alicyclic amines) is 1.